The molecule has 3 rings (SSSR count). The van der Waals surface area contributed by atoms with Crippen LogP contribution >= 0.6 is 0 Å². The number of nitrogens with one attached hydrogen (secondary N) is 1. The van der Waals surface area contributed by atoms with Crippen LogP contribution in [0.1, 0.15) is 25.7 Å². The molecule has 1 aliphatic carbocycles. The van der Waals surface area contributed by atoms with Gasteiger partial charge in [-0.3, -0.25) is 0 Å². The average molecular weight is 271 g/mol. The van der Waals surface area contributed by atoms with Gasteiger partial charge < -0.3 is 15.8 Å². The molecule has 0 spiro atoms. The first-order chi connectivity index (χ1) is 9.79. The lowest BCUT2D eigenvalue weighted by Gasteiger charge is -2.30. The molecule has 0 saturated heterocycles. The van der Waals surface area contributed by atoms with Crippen molar-refractivity contribution in [2.24, 2.45) is 5.73 Å². The van der Waals surface area contributed by atoms with Crippen molar-refractivity contribution in [3.63, 3.8) is 0 Å². The van der Waals surface area contributed by atoms with Crippen LogP contribution in [0.3, 0.4) is 0 Å². The van der Waals surface area contributed by atoms with Crippen molar-refractivity contribution in [2.45, 2.75) is 37.8 Å². The van der Waals surface area contributed by atoms with E-state index in [2.05, 4.69) is 16.4 Å². The van der Waals surface area contributed by atoms with Gasteiger partial charge in [0, 0.05) is 29.1 Å². The molecule has 2 atom stereocenters. The number of rotatable bonds is 3. The fraction of sp³-hybridized carbons (Fsp3) is 0.438. The number of hydrogen-bond donors (Lipinski definition) is 2. The molecule has 1 heterocycles. The molecule has 4 nitrogen and oxygen atoms in total. The Kier molecular flexibility index (Phi) is 3.74. The molecule has 1 aromatic carbocycles. The summed E-state index contributed by atoms with van der Waals surface area (Å²) >= 11 is 0. The molecule has 1 saturated carbocycles. The maximum Gasteiger partial charge on any atom is 0.134 e. The lowest BCUT2D eigenvalue weighted by molar-refractivity contribution is 0.403. The number of nitrogens with two attached hydrogens (primary N) is 1. The van der Waals surface area contributed by atoms with Gasteiger partial charge in [-0.15, -0.1) is 0 Å². The number of methoxy groups -OCH3 is 1. The average Bonchev–Trinajstić information content (AvgIpc) is 2.49. The van der Waals surface area contributed by atoms with Crippen molar-refractivity contribution in [1.29, 1.82) is 0 Å². The summed E-state index contributed by atoms with van der Waals surface area (Å²) < 4.78 is 5.41. The molecule has 106 valence electrons. The van der Waals surface area contributed by atoms with Crippen LogP contribution in [0, 0.1) is 0 Å². The highest BCUT2D eigenvalue weighted by Gasteiger charge is 2.22. The van der Waals surface area contributed by atoms with E-state index in [4.69, 9.17) is 10.5 Å². The third-order valence-electron chi connectivity index (χ3n) is 4.13. The van der Waals surface area contributed by atoms with E-state index in [9.17, 15) is 0 Å². The number of aromatic nitrogens is 1. The van der Waals surface area contributed by atoms with Gasteiger partial charge in [0.25, 0.3) is 0 Å². The minimum atomic E-state index is 0.214. The van der Waals surface area contributed by atoms with E-state index >= 15 is 0 Å². The van der Waals surface area contributed by atoms with E-state index in [1.807, 2.05) is 24.4 Å². The first kappa shape index (κ1) is 13.2. The van der Waals surface area contributed by atoms with Gasteiger partial charge in [0.15, 0.2) is 0 Å². The van der Waals surface area contributed by atoms with Gasteiger partial charge in [0.1, 0.15) is 11.6 Å². The second-order valence-electron chi connectivity index (χ2n) is 5.41. The fourth-order valence-electron chi connectivity index (χ4n) is 2.99. The lowest BCUT2D eigenvalue weighted by atomic mass is 9.91. The summed E-state index contributed by atoms with van der Waals surface area (Å²) in [5, 5.41) is 5.70. The minimum absolute atomic E-state index is 0.214. The van der Waals surface area contributed by atoms with E-state index in [0.717, 1.165) is 35.2 Å². The van der Waals surface area contributed by atoms with Crippen molar-refractivity contribution in [3.05, 3.63) is 30.5 Å². The monoisotopic (exact) mass is 271 g/mol. The predicted molar refractivity (Wildman–Crippen MR) is 82.1 cm³/mol. The number of ether oxygens (including phenoxy) is 1. The van der Waals surface area contributed by atoms with Crippen molar-refractivity contribution < 1.29 is 4.74 Å². The van der Waals surface area contributed by atoms with Gasteiger partial charge in [-0.2, -0.15) is 0 Å². The van der Waals surface area contributed by atoms with E-state index in [1.54, 1.807) is 7.11 Å². The van der Waals surface area contributed by atoms with Gasteiger partial charge in [-0.05, 0) is 25.0 Å². The van der Waals surface area contributed by atoms with Gasteiger partial charge in [0.2, 0.25) is 0 Å². The molecule has 20 heavy (non-hydrogen) atoms. The van der Waals surface area contributed by atoms with Crippen LogP contribution in [0.2, 0.25) is 0 Å². The second-order valence-corrected chi connectivity index (χ2v) is 5.41. The maximum absolute atomic E-state index is 6.21. The van der Waals surface area contributed by atoms with Gasteiger partial charge >= 0.3 is 0 Å². The number of anilines is 1. The Labute approximate surface area is 119 Å². The van der Waals surface area contributed by atoms with Crippen LogP contribution in [-0.4, -0.2) is 24.2 Å². The molecule has 1 aliphatic rings. The summed E-state index contributed by atoms with van der Waals surface area (Å²) in [4.78, 5) is 4.49. The zero-order valence-corrected chi connectivity index (χ0v) is 11.8. The molecule has 4 heteroatoms. The zero-order chi connectivity index (χ0) is 13.9. The molecule has 0 unspecified atom stereocenters. The second kappa shape index (κ2) is 5.67. The van der Waals surface area contributed by atoms with Crippen molar-refractivity contribution >= 4 is 16.6 Å². The van der Waals surface area contributed by atoms with Crippen molar-refractivity contribution in [2.75, 3.05) is 12.4 Å². The van der Waals surface area contributed by atoms with Crippen LogP contribution in [0.15, 0.2) is 30.5 Å². The number of benzene rings is 1. The van der Waals surface area contributed by atoms with Crippen LogP contribution in [0.5, 0.6) is 5.75 Å². The van der Waals surface area contributed by atoms with E-state index in [-0.39, 0.29) is 6.04 Å². The maximum atomic E-state index is 6.21. The minimum Gasteiger partial charge on any atom is -0.496 e. The highest BCUT2D eigenvalue weighted by atomic mass is 16.5. The molecule has 0 radical (unpaired) electrons. The fourth-order valence-corrected chi connectivity index (χ4v) is 2.99. The summed E-state index contributed by atoms with van der Waals surface area (Å²) in [6.07, 6.45) is 6.49. The van der Waals surface area contributed by atoms with Crippen LogP contribution in [0.4, 0.5) is 5.82 Å². The van der Waals surface area contributed by atoms with E-state index in [0.29, 0.717) is 6.04 Å². The summed E-state index contributed by atoms with van der Waals surface area (Å²) in [6, 6.07) is 8.55. The Hall–Kier alpha value is -1.81. The van der Waals surface area contributed by atoms with E-state index < -0.39 is 0 Å². The summed E-state index contributed by atoms with van der Waals surface area (Å²) in [7, 11) is 1.69. The molecule has 0 amide bonds. The summed E-state index contributed by atoms with van der Waals surface area (Å²) in [5.74, 6) is 1.78. The Morgan fingerprint density at radius 1 is 1.20 bits per heavy atom. The molecule has 0 bridgehead atoms. The van der Waals surface area contributed by atoms with Crippen LogP contribution in [0.25, 0.3) is 10.8 Å². The Bertz CT molecular complexity index is 599. The molecule has 2 aromatic rings. The summed E-state index contributed by atoms with van der Waals surface area (Å²) in [5.41, 5.74) is 6.21. The molecule has 0 aliphatic heterocycles. The van der Waals surface area contributed by atoms with Crippen molar-refractivity contribution in [3.8, 4) is 5.75 Å². The molecule has 1 fully saturated rings. The SMILES string of the molecule is COc1cccc2c(N[C@@H]3CCCC[C@H]3N)nccc12. The summed E-state index contributed by atoms with van der Waals surface area (Å²) in [6.45, 7) is 0. The first-order valence-electron chi connectivity index (χ1n) is 7.23. The molecular formula is C16H21N3O. The standard InChI is InChI=1S/C16H21N3O/c1-20-15-8-4-5-12-11(15)9-10-18-16(12)19-14-7-3-2-6-13(14)17/h4-5,8-10,13-14H,2-3,6-7,17H2,1H3,(H,18,19)/t13-,14-/m1/s1. The predicted octanol–water partition coefficient (Wildman–Crippen LogP) is 2.93. The topological polar surface area (TPSA) is 60.2 Å². The number of nitrogens with zero attached hydrogens (tertiary/aromatic N) is 1. The number of fused-ring (bicyclic) bond motifs is 1. The molecule has 3 N–H and O–H groups in total. The number of hydrogen-bond acceptors (Lipinski definition) is 4. The highest BCUT2D eigenvalue weighted by molar-refractivity contribution is 5.95. The lowest BCUT2D eigenvalue weighted by Crippen LogP contribution is -2.42. The van der Waals surface area contributed by atoms with Crippen LogP contribution < -0.4 is 15.8 Å². The molecule has 1 aromatic heterocycles. The number of pyridine rings is 1. The smallest absolute Gasteiger partial charge is 0.134 e. The quantitative estimate of drug-likeness (QED) is 0.901. The normalized spacial score (nSPS) is 22.7. The van der Waals surface area contributed by atoms with E-state index in [1.165, 1.54) is 12.8 Å². The first-order valence-corrected chi connectivity index (χ1v) is 7.23. The Morgan fingerprint density at radius 2 is 2.05 bits per heavy atom. The third-order valence-corrected chi connectivity index (χ3v) is 4.13. The largest absolute Gasteiger partial charge is 0.496 e. The third kappa shape index (κ3) is 2.43. The Morgan fingerprint density at radius 3 is 2.85 bits per heavy atom. The Balaban J connectivity index is 1.95. The molecular weight excluding hydrogens is 250 g/mol. The van der Waals surface area contributed by atoms with Gasteiger partial charge in [-0.25, -0.2) is 4.98 Å². The van der Waals surface area contributed by atoms with Crippen LogP contribution in [-0.2, 0) is 0 Å². The van der Waals surface area contributed by atoms with Gasteiger partial charge in [-0.1, -0.05) is 25.0 Å². The van der Waals surface area contributed by atoms with Gasteiger partial charge in [0.05, 0.1) is 7.11 Å². The highest BCUT2D eigenvalue weighted by Crippen LogP contribution is 2.30. The zero-order valence-electron chi connectivity index (χ0n) is 11.8. The van der Waals surface area contributed by atoms with Crippen molar-refractivity contribution in [1.82, 2.24) is 4.98 Å².